The van der Waals surface area contributed by atoms with Crippen molar-refractivity contribution in [2.45, 2.75) is 5.88 Å². The Hall–Kier alpha value is -0.310. The van der Waals surface area contributed by atoms with E-state index in [4.69, 9.17) is 23.2 Å². The average molecular weight is 291 g/mol. The van der Waals surface area contributed by atoms with E-state index < -0.39 is 0 Å². The third kappa shape index (κ3) is 1.74. The molecule has 0 N–H and O–H groups in total. The van der Waals surface area contributed by atoms with Crippen molar-refractivity contribution in [2.75, 3.05) is 0 Å². The Morgan fingerprint density at radius 1 is 1.36 bits per heavy atom. The highest BCUT2D eigenvalue weighted by atomic mass is 79.9. The van der Waals surface area contributed by atoms with Gasteiger partial charge in [-0.05, 0) is 28.1 Å². The Kier molecular flexibility index (Phi) is 2.96. The molecule has 0 aliphatic heterocycles. The molecule has 2 aromatic rings. The van der Waals surface area contributed by atoms with E-state index in [1.54, 1.807) is 6.07 Å². The topological polar surface area (TPSA) is 12.9 Å². The summed E-state index contributed by atoms with van der Waals surface area (Å²) in [6, 6.07) is 7.60. The predicted molar refractivity (Wildman–Crippen MR) is 64.0 cm³/mol. The number of hydrogen-bond acceptors (Lipinski definition) is 1. The summed E-state index contributed by atoms with van der Waals surface area (Å²) in [5.41, 5.74) is 1.65. The molecule has 0 aliphatic rings. The summed E-state index contributed by atoms with van der Waals surface area (Å²) in [7, 11) is 0. The normalized spacial score (nSPS) is 10.8. The first-order valence-electron chi connectivity index (χ1n) is 4.02. The molecule has 2 rings (SSSR count). The molecule has 0 saturated heterocycles. The van der Waals surface area contributed by atoms with E-state index in [0.29, 0.717) is 10.9 Å². The van der Waals surface area contributed by atoms with Gasteiger partial charge < -0.3 is 0 Å². The van der Waals surface area contributed by atoms with Crippen LogP contribution in [-0.2, 0) is 5.88 Å². The number of fused-ring (bicyclic) bond motifs is 1. The van der Waals surface area contributed by atoms with Gasteiger partial charge in [0, 0.05) is 9.86 Å². The highest BCUT2D eigenvalue weighted by molar-refractivity contribution is 9.10. The number of para-hydroxylation sites is 1. The average Bonchev–Trinajstić information content (AvgIpc) is 2.19. The molecule has 0 bridgehead atoms. The fraction of sp³-hybridized carbons (Fsp3) is 0.100. The Bertz CT molecular complexity index is 485. The number of aromatic nitrogens is 1. The molecule has 0 spiro atoms. The van der Waals surface area contributed by atoms with Crippen molar-refractivity contribution < 1.29 is 0 Å². The summed E-state index contributed by atoms with van der Waals surface area (Å²) in [5.74, 6) is 0.372. The largest absolute Gasteiger partial charge is 0.250 e. The number of pyridine rings is 1. The van der Waals surface area contributed by atoms with E-state index >= 15 is 0 Å². The molecule has 0 amide bonds. The number of rotatable bonds is 1. The zero-order valence-corrected chi connectivity index (χ0v) is 10.2. The molecular formula is C10H6BrCl2N. The lowest BCUT2D eigenvalue weighted by molar-refractivity contribution is 1.21. The van der Waals surface area contributed by atoms with Gasteiger partial charge in [0.1, 0.15) is 0 Å². The van der Waals surface area contributed by atoms with Gasteiger partial charge in [-0.15, -0.1) is 11.6 Å². The summed E-state index contributed by atoms with van der Waals surface area (Å²) < 4.78 is 0.934. The summed E-state index contributed by atoms with van der Waals surface area (Å²) in [4.78, 5) is 4.39. The highest BCUT2D eigenvalue weighted by Crippen LogP contribution is 2.28. The van der Waals surface area contributed by atoms with Crippen molar-refractivity contribution >= 4 is 50.0 Å². The Labute approximate surface area is 100 Å². The van der Waals surface area contributed by atoms with Gasteiger partial charge in [-0.3, -0.25) is 4.98 Å². The van der Waals surface area contributed by atoms with Crippen LogP contribution in [0.15, 0.2) is 28.7 Å². The molecule has 1 nitrogen and oxygen atoms in total. The number of alkyl halides is 1. The third-order valence-corrected chi connectivity index (χ3v) is 3.16. The molecule has 0 radical (unpaired) electrons. The van der Waals surface area contributed by atoms with E-state index in [0.717, 1.165) is 21.1 Å². The maximum Gasteiger partial charge on any atom is 0.0862 e. The first kappa shape index (κ1) is 10.2. The monoisotopic (exact) mass is 289 g/mol. The SMILES string of the molecule is ClCc1cc(Cl)c2cccc(Br)c2n1. The van der Waals surface area contributed by atoms with Crippen molar-refractivity contribution in [3.05, 3.63) is 39.5 Å². The standard InChI is InChI=1S/C10H6BrCl2N/c11-8-3-1-2-7-9(13)4-6(5-12)14-10(7)8/h1-4H,5H2. The van der Waals surface area contributed by atoms with E-state index in [-0.39, 0.29) is 0 Å². The molecule has 14 heavy (non-hydrogen) atoms. The van der Waals surface area contributed by atoms with Crippen LogP contribution in [0.5, 0.6) is 0 Å². The van der Waals surface area contributed by atoms with Crippen molar-refractivity contribution in [1.29, 1.82) is 0 Å². The van der Waals surface area contributed by atoms with Gasteiger partial charge in [-0.25, -0.2) is 0 Å². The minimum Gasteiger partial charge on any atom is -0.250 e. The van der Waals surface area contributed by atoms with Crippen molar-refractivity contribution in [3.63, 3.8) is 0 Å². The van der Waals surface area contributed by atoms with Gasteiger partial charge in [0.2, 0.25) is 0 Å². The number of nitrogens with zero attached hydrogens (tertiary/aromatic N) is 1. The second-order valence-electron chi connectivity index (χ2n) is 2.87. The zero-order chi connectivity index (χ0) is 10.1. The molecule has 1 heterocycles. The summed E-state index contributed by atoms with van der Waals surface area (Å²) >= 11 is 15.2. The van der Waals surface area contributed by atoms with Crippen molar-refractivity contribution in [2.24, 2.45) is 0 Å². The quantitative estimate of drug-likeness (QED) is 0.710. The molecule has 0 atom stereocenters. The summed E-state index contributed by atoms with van der Waals surface area (Å²) in [6.45, 7) is 0. The maximum atomic E-state index is 6.09. The molecule has 72 valence electrons. The maximum absolute atomic E-state index is 6.09. The molecule has 0 unspecified atom stereocenters. The van der Waals surface area contributed by atoms with Gasteiger partial charge in [0.25, 0.3) is 0 Å². The van der Waals surface area contributed by atoms with Crippen LogP contribution in [0.25, 0.3) is 10.9 Å². The zero-order valence-electron chi connectivity index (χ0n) is 7.10. The molecule has 0 saturated carbocycles. The van der Waals surface area contributed by atoms with Crippen molar-refractivity contribution in [1.82, 2.24) is 4.98 Å². The van der Waals surface area contributed by atoms with Crippen LogP contribution >= 0.6 is 39.1 Å². The molecule has 0 aliphatic carbocycles. The van der Waals surface area contributed by atoms with Crippen LogP contribution in [0, 0.1) is 0 Å². The molecule has 4 heteroatoms. The van der Waals surface area contributed by atoms with E-state index in [1.807, 2.05) is 18.2 Å². The van der Waals surface area contributed by atoms with E-state index in [1.165, 1.54) is 0 Å². The lowest BCUT2D eigenvalue weighted by Gasteiger charge is -2.04. The number of hydrogen-bond donors (Lipinski definition) is 0. The fourth-order valence-electron chi connectivity index (χ4n) is 1.29. The van der Waals surface area contributed by atoms with Crippen LogP contribution in [0.4, 0.5) is 0 Å². The lowest BCUT2D eigenvalue weighted by atomic mass is 10.2. The van der Waals surface area contributed by atoms with Crippen LogP contribution in [0.1, 0.15) is 5.69 Å². The molecule has 1 aromatic carbocycles. The van der Waals surface area contributed by atoms with Gasteiger partial charge in [-0.2, -0.15) is 0 Å². The third-order valence-electron chi connectivity index (χ3n) is 1.93. The Morgan fingerprint density at radius 2 is 2.14 bits per heavy atom. The second kappa shape index (κ2) is 4.05. The Balaban J connectivity index is 2.83. The number of halogens is 3. The van der Waals surface area contributed by atoms with E-state index in [2.05, 4.69) is 20.9 Å². The van der Waals surface area contributed by atoms with Crippen LogP contribution in [-0.4, -0.2) is 4.98 Å². The minimum atomic E-state index is 0.372. The van der Waals surface area contributed by atoms with Gasteiger partial charge in [0.05, 0.1) is 22.1 Å². The van der Waals surface area contributed by atoms with E-state index in [9.17, 15) is 0 Å². The number of benzene rings is 1. The molecular weight excluding hydrogens is 285 g/mol. The van der Waals surface area contributed by atoms with Crippen molar-refractivity contribution in [3.8, 4) is 0 Å². The van der Waals surface area contributed by atoms with Crippen LogP contribution in [0.3, 0.4) is 0 Å². The smallest absolute Gasteiger partial charge is 0.0862 e. The highest BCUT2D eigenvalue weighted by Gasteiger charge is 2.05. The van der Waals surface area contributed by atoms with Gasteiger partial charge in [0.15, 0.2) is 0 Å². The minimum absolute atomic E-state index is 0.372. The molecule has 0 fully saturated rings. The summed E-state index contributed by atoms with van der Waals surface area (Å²) in [6.07, 6.45) is 0. The molecule has 1 aromatic heterocycles. The predicted octanol–water partition coefficient (Wildman–Crippen LogP) is 4.39. The van der Waals surface area contributed by atoms with Crippen LogP contribution < -0.4 is 0 Å². The van der Waals surface area contributed by atoms with Gasteiger partial charge in [-0.1, -0.05) is 23.7 Å². The Morgan fingerprint density at radius 3 is 2.86 bits per heavy atom. The lowest BCUT2D eigenvalue weighted by Crippen LogP contribution is -1.88. The second-order valence-corrected chi connectivity index (χ2v) is 4.39. The first-order valence-corrected chi connectivity index (χ1v) is 5.72. The fourth-order valence-corrected chi connectivity index (χ4v) is 2.16. The summed E-state index contributed by atoms with van der Waals surface area (Å²) in [5, 5.41) is 1.63. The first-order chi connectivity index (χ1) is 6.72. The van der Waals surface area contributed by atoms with Gasteiger partial charge >= 0.3 is 0 Å². The van der Waals surface area contributed by atoms with Crippen LogP contribution in [0.2, 0.25) is 5.02 Å².